The van der Waals surface area contributed by atoms with E-state index in [0.717, 1.165) is 19.9 Å². The first kappa shape index (κ1) is 33.7. The highest BCUT2D eigenvalue weighted by atomic mass is 79.9. The highest BCUT2D eigenvalue weighted by Gasteiger charge is 2.35. The van der Waals surface area contributed by atoms with E-state index in [1.54, 1.807) is 42.5 Å². The summed E-state index contributed by atoms with van der Waals surface area (Å²) in [5, 5.41) is 3.05. The fraction of sp³-hybridized carbons (Fsp3) is 0.257. The maximum absolute atomic E-state index is 14.6. The van der Waals surface area contributed by atoms with Crippen molar-refractivity contribution in [1.82, 2.24) is 10.2 Å². The number of rotatable bonds is 14. The standard InChI is InChI=1S/C35H38BrN3O5S/c1-4-26(2)37-35(41)32(23-27-13-7-5-8-14-27)38(24-28-19-21-29(36)22-20-28)34(40)25-39(31-17-11-12-18-33(31)44-3)45(42,43)30-15-9-6-10-16-30/h5-22,26,32H,4,23-25H2,1-3H3,(H,37,41)/t26-,32+/m1/s1. The van der Waals surface area contributed by atoms with Gasteiger partial charge in [0.05, 0.1) is 17.7 Å². The molecule has 4 rings (SSSR count). The first-order valence-electron chi connectivity index (χ1n) is 14.7. The normalized spacial score (nSPS) is 12.5. The van der Waals surface area contributed by atoms with Crippen molar-refractivity contribution < 1.29 is 22.7 Å². The van der Waals surface area contributed by atoms with Gasteiger partial charge in [0, 0.05) is 23.5 Å². The van der Waals surface area contributed by atoms with Gasteiger partial charge in [-0.05, 0) is 60.9 Å². The lowest BCUT2D eigenvalue weighted by Crippen LogP contribution is -2.54. The number of amides is 2. The Morgan fingerprint density at radius 1 is 0.844 bits per heavy atom. The molecule has 0 aliphatic rings. The van der Waals surface area contributed by atoms with Gasteiger partial charge in [0.1, 0.15) is 18.3 Å². The zero-order chi connectivity index (χ0) is 32.4. The monoisotopic (exact) mass is 691 g/mol. The van der Waals surface area contributed by atoms with Crippen LogP contribution in [-0.4, -0.2) is 50.9 Å². The van der Waals surface area contributed by atoms with Gasteiger partial charge >= 0.3 is 0 Å². The topological polar surface area (TPSA) is 96.0 Å². The molecule has 0 fully saturated rings. The van der Waals surface area contributed by atoms with Gasteiger partial charge in [-0.3, -0.25) is 13.9 Å². The fourth-order valence-corrected chi connectivity index (χ4v) is 6.56. The van der Waals surface area contributed by atoms with Crippen LogP contribution >= 0.6 is 15.9 Å². The van der Waals surface area contributed by atoms with Crippen LogP contribution in [0.15, 0.2) is 119 Å². The molecule has 0 unspecified atom stereocenters. The quantitative estimate of drug-likeness (QED) is 0.170. The molecule has 0 spiro atoms. The first-order valence-corrected chi connectivity index (χ1v) is 17.0. The summed E-state index contributed by atoms with van der Waals surface area (Å²) in [5.74, 6) is -0.559. The van der Waals surface area contributed by atoms with Crippen LogP contribution in [0.4, 0.5) is 5.69 Å². The lowest BCUT2D eigenvalue weighted by Gasteiger charge is -2.34. The molecule has 0 bridgehead atoms. The van der Waals surface area contributed by atoms with Gasteiger partial charge in [-0.15, -0.1) is 0 Å². The predicted molar refractivity (Wildman–Crippen MR) is 180 cm³/mol. The number of hydrogen-bond acceptors (Lipinski definition) is 5. The summed E-state index contributed by atoms with van der Waals surface area (Å²) in [7, 11) is -2.78. The maximum Gasteiger partial charge on any atom is 0.264 e. The Morgan fingerprint density at radius 3 is 2.07 bits per heavy atom. The zero-order valence-corrected chi connectivity index (χ0v) is 28.0. The summed E-state index contributed by atoms with van der Waals surface area (Å²) < 4.78 is 35.8. The third-order valence-electron chi connectivity index (χ3n) is 7.50. The lowest BCUT2D eigenvalue weighted by atomic mass is 10.0. The van der Waals surface area contributed by atoms with E-state index < -0.39 is 28.5 Å². The van der Waals surface area contributed by atoms with E-state index in [9.17, 15) is 18.0 Å². The van der Waals surface area contributed by atoms with E-state index in [1.807, 2.05) is 68.4 Å². The molecule has 4 aromatic rings. The van der Waals surface area contributed by atoms with Gasteiger partial charge < -0.3 is 15.0 Å². The number of nitrogens with zero attached hydrogens (tertiary/aromatic N) is 2. The number of sulfonamides is 1. The van der Waals surface area contributed by atoms with Crippen molar-refractivity contribution in [2.75, 3.05) is 18.0 Å². The maximum atomic E-state index is 14.6. The second-order valence-electron chi connectivity index (χ2n) is 10.7. The highest BCUT2D eigenvalue weighted by molar-refractivity contribution is 9.10. The second kappa shape index (κ2) is 15.7. The number of carbonyl (C=O) groups excluding carboxylic acids is 2. The number of hydrogen-bond donors (Lipinski definition) is 1. The van der Waals surface area contributed by atoms with Gasteiger partial charge in [0.25, 0.3) is 10.0 Å². The second-order valence-corrected chi connectivity index (χ2v) is 13.4. The average Bonchev–Trinajstić information content (AvgIpc) is 3.06. The molecular weight excluding hydrogens is 654 g/mol. The van der Waals surface area contributed by atoms with E-state index in [1.165, 1.54) is 24.1 Å². The minimum absolute atomic E-state index is 0.0264. The summed E-state index contributed by atoms with van der Waals surface area (Å²) in [6.45, 7) is 3.41. The number of halogens is 1. The van der Waals surface area contributed by atoms with Crippen LogP contribution in [0.1, 0.15) is 31.4 Å². The number of anilines is 1. The third-order valence-corrected chi connectivity index (χ3v) is 9.80. The molecule has 45 heavy (non-hydrogen) atoms. The molecule has 0 aliphatic carbocycles. The molecule has 0 saturated carbocycles. The minimum Gasteiger partial charge on any atom is -0.495 e. The van der Waals surface area contributed by atoms with Crippen LogP contribution in [0.2, 0.25) is 0 Å². The number of carbonyl (C=O) groups is 2. The van der Waals surface area contributed by atoms with Crippen molar-refractivity contribution in [3.05, 3.63) is 125 Å². The van der Waals surface area contributed by atoms with Crippen LogP contribution in [0.25, 0.3) is 0 Å². The van der Waals surface area contributed by atoms with Crippen molar-refractivity contribution in [2.45, 2.75) is 50.2 Å². The summed E-state index contributed by atoms with van der Waals surface area (Å²) in [4.78, 5) is 30.0. The molecule has 2 atom stereocenters. The van der Waals surface area contributed by atoms with Crippen LogP contribution in [0, 0.1) is 0 Å². The first-order chi connectivity index (χ1) is 21.6. The number of methoxy groups -OCH3 is 1. The molecule has 2 amide bonds. The van der Waals surface area contributed by atoms with E-state index in [-0.39, 0.29) is 35.5 Å². The van der Waals surface area contributed by atoms with Crippen molar-refractivity contribution in [3.63, 3.8) is 0 Å². The molecule has 8 nitrogen and oxygen atoms in total. The number of para-hydroxylation sites is 2. The predicted octanol–water partition coefficient (Wildman–Crippen LogP) is 6.21. The number of nitrogens with one attached hydrogen (secondary N) is 1. The molecule has 0 saturated heterocycles. The van der Waals surface area contributed by atoms with E-state index >= 15 is 0 Å². The third kappa shape index (κ3) is 8.73. The Morgan fingerprint density at radius 2 is 1.44 bits per heavy atom. The summed E-state index contributed by atoms with van der Waals surface area (Å²) in [6, 6.07) is 30.5. The smallest absolute Gasteiger partial charge is 0.264 e. The Bertz CT molecular complexity index is 1670. The van der Waals surface area contributed by atoms with E-state index in [4.69, 9.17) is 4.74 Å². The number of ether oxygens (including phenoxy) is 1. The largest absolute Gasteiger partial charge is 0.495 e. The summed E-state index contributed by atoms with van der Waals surface area (Å²) in [5.41, 5.74) is 1.87. The van der Waals surface area contributed by atoms with Gasteiger partial charge in [-0.25, -0.2) is 8.42 Å². The minimum atomic E-state index is -4.22. The van der Waals surface area contributed by atoms with Crippen LogP contribution in [0.3, 0.4) is 0 Å². The Kier molecular flexibility index (Phi) is 11.8. The molecule has 0 aliphatic heterocycles. The Labute approximate surface area is 274 Å². The molecule has 0 radical (unpaired) electrons. The molecule has 0 aromatic heterocycles. The summed E-state index contributed by atoms with van der Waals surface area (Å²) >= 11 is 3.46. The molecule has 1 N–H and O–H groups in total. The van der Waals surface area contributed by atoms with Crippen LogP contribution in [-0.2, 0) is 32.6 Å². The van der Waals surface area contributed by atoms with Crippen molar-refractivity contribution in [3.8, 4) is 5.75 Å². The summed E-state index contributed by atoms with van der Waals surface area (Å²) in [6.07, 6.45) is 0.951. The van der Waals surface area contributed by atoms with Gasteiger partial charge in [0.15, 0.2) is 0 Å². The van der Waals surface area contributed by atoms with Crippen LogP contribution < -0.4 is 14.4 Å². The van der Waals surface area contributed by atoms with Crippen LogP contribution in [0.5, 0.6) is 5.75 Å². The molecule has 0 heterocycles. The molecule has 236 valence electrons. The van der Waals surface area contributed by atoms with Gasteiger partial charge in [-0.1, -0.05) is 95.7 Å². The molecular formula is C35H38BrN3O5S. The Hall–Kier alpha value is -4.15. The highest BCUT2D eigenvalue weighted by Crippen LogP contribution is 2.32. The van der Waals surface area contributed by atoms with E-state index in [2.05, 4.69) is 21.2 Å². The average molecular weight is 693 g/mol. The van der Waals surface area contributed by atoms with Crippen molar-refractivity contribution in [2.24, 2.45) is 0 Å². The zero-order valence-electron chi connectivity index (χ0n) is 25.6. The SMILES string of the molecule is CC[C@@H](C)NC(=O)[C@H](Cc1ccccc1)N(Cc1ccc(Br)cc1)C(=O)CN(c1ccccc1OC)S(=O)(=O)c1ccccc1. The fourth-order valence-electron chi connectivity index (χ4n) is 4.85. The molecule has 4 aromatic carbocycles. The van der Waals surface area contributed by atoms with Gasteiger partial charge in [0.2, 0.25) is 11.8 Å². The lowest BCUT2D eigenvalue weighted by molar-refractivity contribution is -0.140. The van der Waals surface area contributed by atoms with Gasteiger partial charge in [-0.2, -0.15) is 0 Å². The number of benzene rings is 4. The van der Waals surface area contributed by atoms with E-state index in [0.29, 0.717) is 12.2 Å². The Balaban J connectivity index is 1.82. The molecule has 10 heteroatoms. The van der Waals surface area contributed by atoms with Crippen molar-refractivity contribution >= 4 is 43.5 Å². The van der Waals surface area contributed by atoms with Crippen molar-refractivity contribution in [1.29, 1.82) is 0 Å².